The highest BCUT2D eigenvalue weighted by atomic mass is 79.9. The number of fused-ring (bicyclic) bond motifs is 1. The number of nitrogens with zero attached hydrogens (tertiary/aromatic N) is 1. The minimum Gasteiger partial charge on any atom is -0.489 e. The van der Waals surface area contributed by atoms with Crippen molar-refractivity contribution in [3.8, 4) is 11.8 Å². The Balaban J connectivity index is 1.47. The van der Waals surface area contributed by atoms with E-state index in [0.29, 0.717) is 29.3 Å². The molecule has 5 nitrogen and oxygen atoms in total. The Labute approximate surface area is 176 Å². The van der Waals surface area contributed by atoms with Gasteiger partial charge in [0.05, 0.1) is 16.1 Å². The number of para-hydroxylation sites is 1. The fourth-order valence-corrected chi connectivity index (χ4v) is 3.64. The van der Waals surface area contributed by atoms with Gasteiger partial charge >= 0.3 is 0 Å². The van der Waals surface area contributed by atoms with Crippen molar-refractivity contribution >= 4 is 38.4 Å². The number of halogens is 1. The fourth-order valence-electron chi connectivity index (χ4n) is 3.02. The average Bonchev–Trinajstić information content (AvgIpc) is 3.10. The van der Waals surface area contributed by atoms with Crippen LogP contribution in [0.15, 0.2) is 77.3 Å². The van der Waals surface area contributed by atoms with Crippen LogP contribution in [-0.4, -0.2) is 10.9 Å². The van der Waals surface area contributed by atoms with E-state index in [9.17, 15) is 4.79 Å². The maximum Gasteiger partial charge on any atom is 0.273 e. The van der Waals surface area contributed by atoms with Crippen LogP contribution < -0.4 is 10.1 Å². The number of anilines is 1. The molecule has 0 unspecified atom stereocenters. The van der Waals surface area contributed by atoms with Crippen LogP contribution in [0.4, 0.5) is 5.69 Å². The van der Waals surface area contributed by atoms with Gasteiger partial charge in [-0.3, -0.25) is 4.79 Å². The van der Waals surface area contributed by atoms with Crippen LogP contribution in [0.2, 0.25) is 0 Å². The molecule has 0 aliphatic rings. The van der Waals surface area contributed by atoms with E-state index in [1.807, 2.05) is 48.5 Å². The molecule has 0 atom stereocenters. The second kappa shape index (κ2) is 8.21. The zero-order chi connectivity index (χ0) is 20.2. The highest BCUT2D eigenvalue weighted by Crippen LogP contribution is 2.28. The van der Waals surface area contributed by atoms with Crippen molar-refractivity contribution in [2.24, 2.45) is 0 Å². The summed E-state index contributed by atoms with van der Waals surface area (Å²) in [6.07, 6.45) is 0. The summed E-state index contributed by atoms with van der Waals surface area (Å²) in [5.41, 5.74) is 3.48. The van der Waals surface area contributed by atoms with E-state index in [1.165, 1.54) is 0 Å². The lowest BCUT2D eigenvalue weighted by atomic mass is 10.1. The SMILES string of the molecule is N#Cc1cccc(COc2cccc(NC(=O)c3[nH]c4ccccc4c3Br)c2)c1. The van der Waals surface area contributed by atoms with Crippen molar-refractivity contribution in [1.29, 1.82) is 5.26 Å². The summed E-state index contributed by atoms with van der Waals surface area (Å²) in [6.45, 7) is 0.334. The molecule has 1 amide bonds. The molecule has 4 rings (SSSR count). The maximum atomic E-state index is 12.7. The van der Waals surface area contributed by atoms with Crippen molar-refractivity contribution < 1.29 is 9.53 Å². The summed E-state index contributed by atoms with van der Waals surface area (Å²) in [4.78, 5) is 15.9. The van der Waals surface area contributed by atoms with E-state index in [0.717, 1.165) is 20.9 Å². The van der Waals surface area contributed by atoms with Gasteiger partial charge in [-0.2, -0.15) is 5.26 Å². The number of H-pyrrole nitrogens is 1. The first-order chi connectivity index (χ1) is 14.1. The lowest BCUT2D eigenvalue weighted by Gasteiger charge is -2.09. The van der Waals surface area contributed by atoms with Gasteiger partial charge in [0.15, 0.2) is 0 Å². The molecular formula is C23H16BrN3O2. The van der Waals surface area contributed by atoms with Gasteiger partial charge in [-0.25, -0.2) is 0 Å². The van der Waals surface area contributed by atoms with Crippen molar-refractivity contribution in [2.75, 3.05) is 5.32 Å². The van der Waals surface area contributed by atoms with E-state index in [4.69, 9.17) is 10.00 Å². The molecule has 0 radical (unpaired) electrons. The summed E-state index contributed by atoms with van der Waals surface area (Å²) < 4.78 is 6.55. The molecule has 29 heavy (non-hydrogen) atoms. The van der Waals surface area contributed by atoms with Crippen LogP contribution in [0.3, 0.4) is 0 Å². The van der Waals surface area contributed by atoms with Gasteiger partial charge in [-0.05, 0) is 51.8 Å². The van der Waals surface area contributed by atoms with Crippen LogP contribution >= 0.6 is 15.9 Å². The van der Waals surface area contributed by atoms with Gasteiger partial charge in [0.2, 0.25) is 0 Å². The molecule has 4 aromatic rings. The monoisotopic (exact) mass is 445 g/mol. The third kappa shape index (κ3) is 4.15. The standard InChI is InChI=1S/C23H16BrN3O2/c24-21-19-9-1-2-10-20(19)27-22(21)23(28)26-17-7-4-8-18(12-17)29-14-16-6-3-5-15(11-16)13-25/h1-12,27H,14H2,(H,26,28). The summed E-state index contributed by atoms with van der Waals surface area (Å²) in [7, 11) is 0. The second-order valence-corrected chi connectivity index (χ2v) is 7.24. The molecule has 0 saturated heterocycles. The third-order valence-corrected chi connectivity index (χ3v) is 5.25. The predicted octanol–water partition coefficient (Wildman–Crippen LogP) is 5.63. The van der Waals surface area contributed by atoms with Gasteiger partial charge in [-0.1, -0.05) is 36.4 Å². The molecule has 0 spiro atoms. The lowest BCUT2D eigenvalue weighted by molar-refractivity contribution is 0.102. The highest BCUT2D eigenvalue weighted by Gasteiger charge is 2.16. The number of ether oxygens (including phenoxy) is 1. The molecule has 0 aliphatic carbocycles. The first kappa shape index (κ1) is 18.8. The second-order valence-electron chi connectivity index (χ2n) is 6.44. The van der Waals surface area contributed by atoms with Gasteiger partial charge in [0.25, 0.3) is 5.91 Å². The molecule has 2 N–H and O–H groups in total. The molecule has 0 bridgehead atoms. The molecule has 142 valence electrons. The van der Waals surface area contributed by atoms with Crippen LogP contribution in [-0.2, 0) is 6.61 Å². The van der Waals surface area contributed by atoms with E-state index < -0.39 is 0 Å². The summed E-state index contributed by atoms with van der Waals surface area (Å²) in [5, 5.41) is 12.8. The normalized spacial score (nSPS) is 10.5. The Morgan fingerprint density at radius 2 is 1.90 bits per heavy atom. The number of rotatable bonds is 5. The van der Waals surface area contributed by atoms with Crippen molar-refractivity contribution in [3.63, 3.8) is 0 Å². The van der Waals surface area contributed by atoms with Crippen LogP contribution in [0.5, 0.6) is 5.75 Å². The number of nitriles is 1. The number of benzene rings is 3. The minimum atomic E-state index is -0.244. The summed E-state index contributed by atoms with van der Waals surface area (Å²) in [5.74, 6) is 0.382. The van der Waals surface area contributed by atoms with Gasteiger partial charge in [-0.15, -0.1) is 0 Å². The van der Waals surface area contributed by atoms with E-state index in [-0.39, 0.29) is 5.91 Å². The zero-order valence-electron chi connectivity index (χ0n) is 15.3. The Morgan fingerprint density at radius 1 is 1.07 bits per heavy atom. The Kier molecular flexibility index (Phi) is 5.32. The number of hydrogen-bond acceptors (Lipinski definition) is 3. The van der Waals surface area contributed by atoms with E-state index in [2.05, 4.69) is 32.3 Å². The zero-order valence-corrected chi connectivity index (χ0v) is 16.9. The van der Waals surface area contributed by atoms with Crippen molar-refractivity contribution in [2.45, 2.75) is 6.61 Å². The Bertz CT molecular complexity index is 1240. The number of carbonyl (C=O) groups excluding carboxylic acids is 1. The molecule has 0 fully saturated rings. The number of carbonyl (C=O) groups is 1. The highest BCUT2D eigenvalue weighted by molar-refractivity contribution is 9.10. The van der Waals surface area contributed by atoms with Crippen LogP contribution in [0, 0.1) is 11.3 Å². The fraction of sp³-hybridized carbons (Fsp3) is 0.0435. The number of aromatic nitrogens is 1. The molecular weight excluding hydrogens is 430 g/mol. The van der Waals surface area contributed by atoms with Crippen LogP contribution in [0.25, 0.3) is 10.9 Å². The quantitative estimate of drug-likeness (QED) is 0.417. The number of nitrogens with one attached hydrogen (secondary N) is 2. The molecule has 1 heterocycles. The van der Waals surface area contributed by atoms with Gasteiger partial charge in [0, 0.05) is 22.7 Å². The molecule has 0 aliphatic heterocycles. The summed E-state index contributed by atoms with van der Waals surface area (Å²) in [6, 6.07) is 24.3. The van der Waals surface area contributed by atoms with Gasteiger partial charge < -0.3 is 15.0 Å². The first-order valence-electron chi connectivity index (χ1n) is 8.93. The third-order valence-electron chi connectivity index (χ3n) is 4.42. The molecule has 0 saturated carbocycles. The molecule has 6 heteroatoms. The number of amides is 1. The number of hydrogen-bond donors (Lipinski definition) is 2. The smallest absolute Gasteiger partial charge is 0.273 e. The summed E-state index contributed by atoms with van der Waals surface area (Å²) >= 11 is 3.50. The van der Waals surface area contributed by atoms with Gasteiger partial charge in [0.1, 0.15) is 18.1 Å². The first-order valence-corrected chi connectivity index (χ1v) is 9.73. The molecule has 1 aromatic heterocycles. The molecule has 3 aromatic carbocycles. The van der Waals surface area contributed by atoms with Crippen molar-refractivity contribution in [1.82, 2.24) is 4.98 Å². The van der Waals surface area contributed by atoms with Crippen molar-refractivity contribution in [3.05, 3.63) is 94.1 Å². The number of aromatic amines is 1. The maximum absolute atomic E-state index is 12.7. The van der Waals surface area contributed by atoms with Crippen LogP contribution in [0.1, 0.15) is 21.6 Å². The lowest BCUT2D eigenvalue weighted by Crippen LogP contribution is -2.13. The minimum absolute atomic E-state index is 0.244. The largest absolute Gasteiger partial charge is 0.489 e. The topological polar surface area (TPSA) is 77.9 Å². The Hall–Kier alpha value is -3.56. The van der Waals surface area contributed by atoms with E-state index in [1.54, 1.807) is 24.3 Å². The predicted molar refractivity (Wildman–Crippen MR) is 116 cm³/mol. The Morgan fingerprint density at radius 3 is 2.72 bits per heavy atom. The van der Waals surface area contributed by atoms with E-state index >= 15 is 0 Å². The average molecular weight is 446 g/mol.